The molecule has 11 aromatic carbocycles. The Bertz CT molecular complexity index is 4110. The van der Waals surface area contributed by atoms with Crippen molar-refractivity contribution in [1.82, 2.24) is 13.7 Å². The van der Waals surface area contributed by atoms with Gasteiger partial charge in [0.1, 0.15) is 0 Å². The molecular weight excluding hydrogens is 863 g/mol. The van der Waals surface area contributed by atoms with E-state index in [0.29, 0.717) is 0 Å². The maximum atomic E-state index is 2.61. The van der Waals surface area contributed by atoms with Gasteiger partial charge < -0.3 is 13.7 Å². The highest BCUT2D eigenvalue weighted by molar-refractivity contribution is 7.20. The minimum absolute atomic E-state index is 1.11. The van der Waals surface area contributed by atoms with Crippen LogP contribution in [0.1, 0.15) is 0 Å². The van der Waals surface area contributed by atoms with Crippen molar-refractivity contribution in [3.63, 3.8) is 0 Å². The van der Waals surface area contributed by atoms with E-state index in [9.17, 15) is 0 Å². The van der Waals surface area contributed by atoms with Crippen LogP contribution in [0, 0.1) is 0 Å². The fourth-order valence-electron chi connectivity index (χ4n) is 11.8. The van der Waals surface area contributed by atoms with Crippen LogP contribution in [0.25, 0.3) is 93.6 Å². The molecule has 14 aromatic rings. The molecule has 3 nitrogen and oxygen atoms in total. The number of fused-ring (bicyclic) bond motifs is 9. The molecule has 0 atom stereocenters. The number of hydrogen-bond donors (Lipinski definition) is 0. The van der Waals surface area contributed by atoms with Crippen LogP contribution in [0.2, 0.25) is 0 Å². The Labute approximate surface area is 407 Å². The molecule has 14 rings (SSSR count). The van der Waals surface area contributed by atoms with E-state index >= 15 is 0 Å². The maximum Gasteiger partial charge on any atom is 0.181 e. The molecule has 0 fully saturated rings. The molecule has 0 bridgehead atoms. The third-order valence-electron chi connectivity index (χ3n) is 14.8. The van der Waals surface area contributed by atoms with Gasteiger partial charge in [-0.05, 0) is 80.4 Å². The van der Waals surface area contributed by atoms with E-state index in [-0.39, 0.29) is 0 Å². The molecular formula is C66H45N3Si. The predicted molar refractivity (Wildman–Crippen MR) is 299 cm³/mol. The number of rotatable bonds is 8. The first kappa shape index (κ1) is 40.1. The summed E-state index contributed by atoms with van der Waals surface area (Å²) in [5.74, 6) is 0. The molecule has 4 heteroatoms. The summed E-state index contributed by atoms with van der Waals surface area (Å²) in [6.45, 7) is 0. The second-order valence-electron chi connectivity index (χ2n) is 18.4. The summed E-state index contributed by atoms with van der Waals surface area (Å²) in [6.07, 6.45) is 0. The zero-order chi connectivity index (χ0) is 46.2. The minimum Gasteiger partial charge on any atom is -0.309 e. The number of nitrogens with zero attached hydrogens (tertiary/aromatic N) is 3. The highest BCUT2D eigenvalue weighted by Gasteiger charge is 2.44. The average Bonchev–Trinajstić information content (AvgIpc) is 4.08. The predicted octanol–water partition coefficient (Wildman–Crippen LogP) is 14.0. The van der Waals surface area contributed by atoms with E-state index in [1.54, 1.807) is 0 Å². The lowest BCUT2D eigenvalue weighted by molar-refractivity contribution is 1.13. The van der Waals surface area contributed by atoms with E-state index in [1.165, 1.54) is 91.9 Å². The van der Waals surface area contributed by atoms with Crippen molar-refractivity contribution in [1.29, 1.82) is 0 Å². The third-order valence-corrected chi connectivity index (χ3v) is 19.6. The van der Waals surface area contributed by atoms with Gasteiger partial charge in [0.25, 0.3) is 0 Å². The lowest BCUT2D eigenvalue weighted by Crippen LogP contribution is -2.75. The quantitative estimate of drug-likeness (QED) is 0.107. The molecule has 0 N–H and O–H groups in total. The molecule has 0 unspecified atom stereocenters. The van der Waals surface area contributed by atoms with Crippen LogP contribution < -0.4 is 20.7 Å². The van der Waals surface area contributed by atoms with Gasteiger partial charge in [0.15, 0.2) is 8.07 Å². The number of aromatic nitrogens is 3. The first-order valence-corrected chi connectivity index (χ1v) is 26.2. The second-order valence-corrected chi connectivity index (χ2v) is 22.2. The van der Waals surface area contributed by atoms with Crippen LogP contribution >= 0.6 is 0 Å². The first-order valence-electron chi connectivity index (χ1n) is 24.2. The second kappa shape index (κ2) is 16.1. The summed E-state index contributed by atoms with van der Waals surface area (Å²) in [7, 11) is -3.15. The van der Waals surface area contributed by atoms with Crippen molar-refractivity contribution in [2.45, 2.75) is 0 Å². The van der Waals surface area contributed by atoms with E-state index < -0.39 is 8.07 Å². The molecule has 0 aliphatic rings. The molecule has 0 saturated carbocycles. The lowest BCUT2D eigenvalue weighted by Gasteiger charge is -2.36. The molecule has 3 heterocycles. The van der Waals surface area contributed by atoms with Gasteiger partial charge in [0.2, 0.25) is 0 Å². The fourth-order valence-corrected chi connectivity index (χ4v) is 16.8. The highest BCUT2D eigenvalue weighted by atomic mass is 28.3. The van der Waals surface area contributed by atoms with Crippen LogP contribution in [0.4, 0.5) is 0 Å². The minimum atomic E-state index is -3.15. The highest BCUT2D eigenvalue weighted by Crippen LogP contribution is 2.41. The van der Waals surface area contributed by atoms with Crippen LogP contribution in [0.5, 0.6) is 0 Å². The van der Waals surface area contributed by atoms with Gasteiger partial charge in [-0.15, -0.1) is 0 Å². The van der Waals surface area contributed by atoms with E-state index in [4.69, 9.17) is 0 Å². The molecule has 3 aromatic heterocycles. The molecule has 0 radical (unpaired) electrons. The van der Waals surface area contributed by atoms with Gasteiger partial charge in [-0.3, -0.25) is 0 Å². The van der Waals surface area contributed by atoms with Crippen molar-refractivity contribution in [3.8, 4) is 28.2 Å². The number of hydrogen-bond acceptors (Lipinski definition) is 0. The maximum absolute atomic E-state index is 3.15. The third kappa shape index (κ3) is 5.94. The van der Waals surface area contributed by atoms with Crippen molar-refractivity contribution in [3.05, 3.63) is 273 Å². The van der Waals surface area contributed by atoms with E-state index in [0.717, 1.165) is 22.4 Å². The Morgan fingerprint density at radius 2 is 0.614 bits per heavy atom. The molecule has 70 heavy (non-hydrogen) atoms. The Morgan fingerprint density at radius 1 is 0.243 bits per heavy atom. The Morgan fingerprint density at radius 3 is 1.13 bits per heavy atom. The number of para-hydroxylation sites is 4. The smallest absolute Gasteiger partial charge is 0.181 e. The van der Waals surface area contributed by atoms with Crippen LogP contribution in [0.3, 0.4) is 0 Å². The van der Waals surface area contributed by atoms with Crippen molar-refractivity contribution in [2.75, 3.05) is 0 Å². The van der Waals surface area contributed by atoms with Gasteiger partial charge in [-0.2, -0.15) is 0 Å². The molecule has 0 aliphatic heterocycles. The lowest BCUT2D eigenvalue weighted by atomic mass is 10.1. The van der Waals surface area contributed by atoms with Crippen LogP contribution in [-0.2, 0) is 0 Å². The molecule has 0 saturated heterocycles. The molecule has 328 valence electrons. The zero-order valence-electron chi connectivity index (χ0n) is 38.3. The van der Waals surface area contributed by atoms with Crippen LogP contribution in [-0.4, -0.2) is 21.8 Å². The monoisotopic (exact) mass is 907 g/mol. The summed E-state index contributed by atoms with van der Waals surface area (Å²) in [6, 6.07) is 102. The largest absolute Gasteiger partial charge is 0.309 e. The van der Waals surface area contributed by atoms with Gasteiger partial charge in [-0.25, -0.2) is 0 Å². The molecule has 0 spiro atoms. The molecule has 0 aliphatic carbocycles. The normalized spacial score (nSPS) is 12.0. The van der Waals surface area contributed by atoms with Gasteiger partial charge in [-0.1, -0.05) is 224 Å². The summed E-state index contributed by atoms with van der Waals surface area (Å²) in [5.41, 5.74) is 12.9. The van der Waals surface area contributed by atoms with Gasteiger partial charge >= 0.3 is 0 Å². The SMILES string of the molecule is c1ccc(-c2ccc(-n3c4ccccc4c4ccc(-n5c6ccccc6c6ccc([Si](c7ccccc7)(c7ccccc7)c7ccccc7)c(-n7c8ccccc8c8ccccc87)c65)cc43)cc2)cc1. The fraction of sp³-hybridized carbons (Fsp3) is 0. The average molecular weight is 908 g/mol. The number of benzene rings is 11. The van der Waals surface area contributed by atoms with Gasteiger partial charge in [0, 0.05) is 43.7 Å². The Kier molecular flexibility index (Phi) is 9.23. The van der Waals surface area contributed by atoms with Gasteiger partial charge in [0.05, 0.1) is 38.8 Å². The molecule has 0 amide bonds. The Balaban J connectivity index is 1.16. The Hall–Kier alpha value is -8.96. The zero-order valence-corrected chi connectivity index (χ0v) is 39.3. The van der Waals surface area contributed by atoms with E-state index in [2.05, 4.69) is 287 Å². The first-order chi connectivity index (χ1) is 34.8. The van der Waals surface area contributed by atoms with Crippen LogP contribution in [0.15, 0.2) is 273 Å². The van der Waals surface area contributed by atoms with E-state index in [1.807, 2.05) is 0 Å². The summed E-state index contributed by atoms with van der Waals surface area (Å²) >= 11 is 0. The topological polar surface area (TPSA) is 14.8 Å². The summed E-state index contributed by atoms with van der Waals surface area (Å²) < 4.78 is 7.64. The summed E-state index contributed by atoms with van der Waals surface area (Å²) in [5, 5.41) is 12.7. The van der Waals surface area contributed by atoms with Crippen molar-refractivity contribution in [2.24, 2.45) is 0 Å². The summed E-state index contributed by atoms with van der Waals surface area (Å²) in [4.78, 5) is 0. The van der Waals surface area contributed by atoms with Crippen molar-refractivity contribution >= 4 is 94.2 Å². The standard InChI is InChI=1S/C66H45N3Si/c1-5-21-46(22-6-1)47-37-39-48(40-38-47)67-59-33-17-13-31-55(59)57-42-41-49(45-63(57)67)68-60-34-18-16-32-56(60)58-43-44-64(66(65(58)68)69-61-35-19-14-29-53(61)54-30-15-20-36-62(54)69)70(50-23-7-2-8-24-50,51-25-9-3-10-26-51)52-27-11-4-12-28-52/h1-45H. The van der Waals surface area contributed by atoms with Crippen molar-refractivity contribution < 1.29 is 0 Å².